The Hall–Kier alpha value is -0.810. The highest BCUT2D eigenvalue weighted by Crippen LogP contribution is 2.08. The first kappa shape index (κ1) is 13.3. The molecule has 0 bridgehead atoms. The van der Waals surface area contributed by atoms with E-state index in [0.717, 1.165) is 19.6 Å². The number of carbonyl (C=O) groups is 1. The van der Waals surface area contributed by atoms with Crippen LogP contribution in [0.25, 0.3) is 0 Å². The van der Waals surface area contributed by atoms with Crippen molar-refractivity contribution in [3.63, 3.8) is 0 Å². The maximum Gasteiger partial charge on any atom is 0.315 e. The first-order valence-corrected chi connectivity index (χ1v) is 6.13. The van der Waals surface area contributed by atoms with Crippen LogP contribution >= 0.6 is 0 Å². The van der Waals surface area contributed by atoms with E-state index >= 15 is 0 Å². The van der Waals surface area contributed by atoms with Gasteiger partial charge in [-0.05, 0) is 32.9 Å². The lowest BCUT2D eigenvalue weighted by atomic mass is 10.1. The van der Waals surface area contributed by atoms with Crippen molar-refractivity contribution in [3.8, 4) is 0 Å². The number of piperidine rings is 1. The summed E-state index contributed by atoms with van der Waals surface area (Å²) in [6.07, 6.45) is 3.74. The molecule has 16 heavy (non-hydrogen) atoms. The van der Waals surface area contributed by atoms with E-state index in [1.807, 2.05) is 6.92 Å². The average molecular weight is 229 g/mol. The summed E-state index contributed by atoms with van der Waals surface area (Å²) < 4.78 is 0. The van der Waals surface area contributed by atoms with Gasteiger partial charge in [0.2, 0.25) is 0 Å². The van der Waals surface area contributed by atoms with Gasteiger partial charge < -0.3 is 20.6 Å². The van der Waals surface area contributed by atoms with Crippen molar-refractivity contribution in [2.45, 2.75) is 32.2 Å². The predicted octanol–water partition coefficient (Wildman–Crippen LogP) is 0.152. The van der Waals surface area contributed by atoms with Gasteiger partial charge in [0.1, 0.15) is 0 Å². The molecular formula is C11H23N3O2. The van der Waals surface area contributed by atoms with E-state index in [1.54, 1.807) is 0 Å². The molecule has 1 rings (SSSR count). The van der Waals surface area contributed by atoms with Gasteiger partial charge in [0.25, 0.3) is 0 Å². The zero-order valence-corrected chi connectivity index (χ0v) is 10.0. The van der Waals surface area contributed by atoms with Gasteiger partial charge in [-0.3, -0.25) is 0 Å². The van der Waals surface area contributed by atoms with E-state index in [1.165, 1.54) is 19.3 Å². The first-order valence-electron chi connectivity index (χ1n) is 6.13. The van der Waals surface area contributed by atoms with E-state index in [-0.39, 0.29) is 18.7 Å². The molecule has 5 heteroatoms. The van der Waals surface area contributed by atoms with Gasteiger partial charge in [0.15, 0.2) is 0 Å². The summed E-state index contributed by atoms with van der Waals surface area (Å²) >= 11 is 0. The zero-order chi connectivity index (χ0) is 11.8. The normalized spacial score (nSPS) is 19.1. The van der Waals surface area contributed by atoms with Gasteiger partial charge in [0.05, 0.1) is 12.6 Å². The molecule has 0 saturated carbocycles. The molecule has 1 unspecified atom stereocenters. The summed E-state index contributed by atoms with van der Waals surface area (Å²) in [6, 6.07) is -0.358. The van der Waals surface area contributed by atoms with E-state index in [2.05, 4.69) is 15.5 Å². The molecule has 0 aliphatic carbocycles. The van der Waals surface area contributed by atoms with Crippen molar-refractivity contribution < 1.29 is 9.90 Å². The van der Waals surface area contributed by atoms with Gasteiger partial charge >= 0.3 is 6.03 Å². The largest absolute Gasteiger partial charge is 0.394 e. The number of urea groups is 1. The van der Waals surface area contributed by atoms with Crippen LogP contribution in [-0.4, -0.2) is 54.9 Å². The fourth-order valence-electron chi connectivity index (χ4n) is 2.00. The van der Waals surface area contributed by atoms with Crippen LogP contribution in [0.5, 0.6) is 0 Å². The highest BCUT2D eigenvalue weighted by molar-refractivity contribution is 5.74. The Bertz CT molecular complexity index is 205. The summed E-state index contributed by atoms with van der Waals surface area (Å²) in [5.74, 6) is 0. The lowest BCUT2D eigenvalue weighted by Gasteiger charge is -2.30. The highest BCUT2D eigenvalue weighted by Gasteiger charge is 2.17. The minimum atomic E-state index is -0.196. The number of rotatable bonds is 5. The van der Waals surface area contributed by atoms with Crippen LogP contribution in [0.2, 0.25) is 0 Å². The summed E-state index contributed by atoms with van der Waals surface area (Å²) in [4.78, 5) is 13.6. The van der Waals surface area contributed by atoms with Crippen LogP contribution in [0.1, 0.15) is 26.2 Å². The summed E-state index contributed by atoms with van der Waals surface area (Å²) in [6.45, 7) is 5.37. The van der Waals surface area contributed by atoms with Crippen molar-refractivity contribution in [1.82, 2.24) is 15.5 Å². The molecule has 1 aliphatic rings. The number of nitrogens with one attached hydrogen (secondary N) is 2. The monoisotopic (exact) mass is 229 g/mol. The van der Waals surface area contributed by atoms with Crippen molar-refractivity contribution in [1.29, 1.82) is 0 Å². The van der Waals surface area contributed by atoms with E-state index in [4.69, 9.17) is 0 Å². The molecule has 94 valence electrons. The molecule has 0 aromatic rings. The second-order valence-corrected chi connectivity index (χ2v) is 4.24. The quantitative estimate of drug-likeness (QED) is 0.629. The Labute approximate surface area is 97.2 Å². The smallest absolute Gasteiger partial charge is 0.315 e. The average Bonchev–Trinajstić information content (AvgIpc) is 2.30. The molecule has 0 aromatic carbocycles. The maximum absolute atomic E-state index is 11.3. The van der Waals surface area contributed by atoms with Crippen LogP contribution in [-0.2, 0) is 0 Å². The molecule has 2 amide bonds. The lowest BCUT2D eigenvalue weighted by molar-refractivity contribution is 0.162. The number of aliphatic hydroxyl groups is 1. The van der Waals surface area contributed by atoms with E-state index < -0.39 is 0 Å². The Balaban J connectivity index is 2.27. The van der Waals surface area contributed by atoms with Crippen LogP contribution in [0.4, 0.5) is 4.79 Å². The van der Waals surface area contributed by atoms with Crippen LogP contribution in [0.3, 0.4) is 0 Å². The van der Waals surface area contributed by atoms with Crippen molar-refractivity contribution in [2.75, 3.05) is 32.8 Å². The molecule has 3 N–H and O–H groups in total. The molecule has 5 nitrogen and oxygen atoms in total. The Morgan fingerprint density at radius 3 is 2.62 bits per heavy atom. The maximum atomic E-state index is 11.3. The van der Waals surface area contributed by atoms with Crippen molar-refractivity contribution in [3.05, 3.63) is 0 Å². The topological polar surface area (TPSA) is 64.6 Å². The number of aliphatic hydroxyl groups excluding tert-OH is 1. The van der Waals surface area contributed by atoms with Crippen molar-refractivity contribution in [2.24, 2.45) is 0 Å². The first-order chi connectivity index (χ1) is 7.76. The van der Waals surface area contributed by atoms with E-state index in [0.29, 0.717) is 6.54 Å². The molecule has 1 atom stereocenters. The third kappa shape index (κ3) is 4.81. The standard InChI is InChI=1S/C11H23N3O2/c1-2-12-11(16)13-10(9-15)8-14-6-4-3-5-7-14/h10,15H,2-9H2,1H3,(H2,12,13,16). The summed E-state index contributed by atoms with van der Waals surface area (Å²) in [5, 5.41) is 14.6. The molecule has 1 heterocycles. The zero-order valence-electron chi connectivity index (χ0n) is 10.0. The van der Waals surface area contributed by atoms with Crippen LogP contribution < -0.4 is 10.6 Å². The minimum Gasteiger partial charge on any atom is -0.394 e. The summed E-state index contributed by atoms with van der Waals surface area (Å²) in [5.41, 5.74) is 0. The molecule has 0 aromatic heterocycles. The molecule has 0 radical (unpaired) electrons. The molecule has 1 fully saturated rings. The fraction of sp³-hybridized carbons (Fsp3) is 0.909. The lowest BCUT2D eigenvalue weighted by Crippen LogP contribution is -2.50. The summed E-state index contributed by atoms with van der Waals surface area (Å²) in [7, 11) is 0. The number of likely N-dealkylation sites (tertiary alicyclic amines) is 1. The van der Waals surface area contributed by atoms with Crippen LogP contribution in [0.15, 0.2) is 0 Å². The molecule has 1 saturated heterocycles. The third-order valence-electron chi connectivity index (χ3n) is 2.82. The second kappa shape index (κ2) is 7.46. The molecule has 1 aliphatic heterocycles. The minimum absolute atomic E-state index is 0.00632. The number of amides is 2. The Kier molecular flexibility index (Phi) is 6.18. The predicted molar refractivity (Wildman–Crippen MR) is 63.4 cm³/mol. The number of hydrogen-bond donors (Lipinski definition) is 3. The van der Waals surface area contributed by atoms with Crippen LogP contribution in [0, 0.1) is 0 Å². The third-order valence-corrected chi connectivity index (χ3v) is 2.82. The number of carbonyl (C=O) groups excluding carboxylic acids is 1. The van der Waals surface area contributed by atoms with Gasteiger partial charge in [-0.1, -0.05) is 6.42 Å². The Morgan fingerprint density at radius 1 is 1.38 bits per heavy atom. The van der Waals surface area contributed by atoms with Gasteiger partial charge in [-0.2, -0.15) is 0 Å². The fourth-order valence-corrected chi connectivity index (χ4v) is 2.00. The van der Waals surface area contributed by atoms with Gasteiger partial charge in [-0.25, -0.2) is 4.79 Å². The van der Waals surface area contributed by atoms with Gasteiger partial charge in [0, 0.05) is 13.1 Å². The Morgan fingerprint density at radius 2 is 2.06 bits per heavy atom. The number of nitrogens with zero attached hydrogens (tertiary/aromatic N) is 1. The molecule has 0 spiro atoms. The van der Waals surface area contributed by atoms with Crippen molar-refractivity contribution >= 4 is 6.03 Å². The highest BCUT2D eigenvalue weighted by atomic mass is 16.3. The van der Waals surface area contributed by atoms with Gasteiger partial charge in [-0.15, -0.1) is 0 Å². The van der Waals surface area contributed by atoms with E-state index in [9.17, 15) is 9.90 Å². The SMILES string of the molecule is CCNC(=O)NC(CO)CN1CCCCC1. The second-order valence-electron chi connectivity index (χ2n) is 4.24. The number of hydrogen-bond acceptors (Lipinski definition) is 3. The molecular weight excluding hydrogens is 206 g/mol.